The number of halogens is 1. The highest BCUT2D eigenvalue weighted by Crippen LogP contribution is 2.19. The number of hydrogen-bond donors (Lipinski definition) is 1. The fourth-order valence-corrected chi connectivity index (χ4v) is 3.09. The van der Waals surface area contributed by atoms with Gasteiger partial charge in [-0.2, -0.15) is 0 Å². The Morgan fingerprint density at radius 3 is 2.26 bits per heavy atom. The molecular weight excluding hydrogens is 376 g/mol. The molecule has 0 atom stereocenters. The van der Waals surface area contributed by atoms with Crippen LogP contribution in [0.1, 0.15) is 11.1 Å². The largest absolute Gasteiger partial charge is 0.497 e. The first-order valence-corrected chi connectivity index (χ1v) is 9.41. The molecule has 0 aliphatic rings. The van der Waals surface area contributed by atoms with Crippen molar-refractivity contribution in [1.29, 1.82) is 0 Å². The molecule has 0 saturated heterocycles. The molecule has 3 nitrogen and oxygen atoms in total. The van der Waals surface area contributed by atoms with Gasteiger partial charge in [0, 0.05) is 29.9 Å². The third-order valence-electron chi connectivity index (χ3n) is 4.11. The smallest absolute Gasteiger partial charge is 0.174 e. The fourth-order valence-electron chi connectivity index (χ4n) is 2.72. The van der Waals surface area contributed by atoms with Gasteiger partial charge in [0.15, 0.2) is 5.11 Å². The first-order valence-electron chi connectivity index (χ1n) is 8.62. The van der Waals surface area contributed by atoms with Crippen LogP contribution in [0.5, 0.6) is 5.75 Å². The SMILES string of the molecule is COc1cccc(NC(=S)N(Cc2ccccc2)Cc2ccc(Cl)cc2)c1. The molecule has 0 bridgehead atoms. The summed E-state index contributed by atoms with van der Waals surface area (Å²) in [5.41, 5.74) is 3.24. The summed E-state index contributed by atoms with van der Waals surface area (Å²) in [7, 11) is 1.65. The standard InChI is InChI=1S/C22H21ClN2OS/c1-26-21-9-5-8-20(14-21)24-22(27)25(15-17-6-3-2-4-7-17)16-18-10-12-19(23)13-11-18/h2-14H,15-16H2,1H3,(H,24,27). The van der Waals surface area contributed by atoms with Gasteiger partial charge in [-0.15, -0.1) is 0 Å². The predicted octanol–water partition coefficient (Wildman–Crippen LogP) is 5.75. The quantitative estimate of drug-likeness (QED) is 0.536. The first kappa shape index (κ1) is 19.2. The molecule has 0 spiro atoms. The zero-order valence-electron chi connectivity index (χ0n) is 15.1. The van der Waals surface area contributed by atoms with Gasteiger partial charge in [-0.25, -0.2) is 0 Å². The van der Waals surface area contributed by atoms with Crippen LogP contribution in [0.2, 0.25) is 5.02 Å². The van der Waals surface area contributed by atoms with E-state index < -0.39 is 0 Å². The van der Waals surface area contributed by atoms with E-state index in [0.29, 0.717) is 18.2 Å². The zero-order valence-corrected chi connectivity index (χ0v) is 16.6. The number of hydrogen-bond acceptors (Lipinski definition) is 2. The summed E-state index contributed by atoms with van der Waals surface area (Å²) in [4.78, 5) is 2.13. The number of thiocarbonyl (C=S) groups is 1. The van der Waals surface area contributed by atoms with Gasteiger partial charge < -0.3 is 15.0 Å². The lowest BCUT2D eigenvalue weighted by Crippen LogP contribution is -2.33. The van der Waals surface area contributed by atoms with Crippen molar-refractivity contribution in [3.05, 3.63) is 95.0 Å². The molecule has 0 aliphatic carbocycles. The van der Waals surface area contributed by atoms with E-state index >= 15 is 0 Å². The molecule has 0 aromatic heterocycles. The van der Waals surface area contributed by atoms with E-state index in [0.717, 1.165) is 22.0 Å². The molecule has 0 saturated carbocycles. The van der Waals surface area contributed by atoms with Crippen LogP contribution in [0.4, 0.5) is 5.69 Å². The first-order chi connectivity index (χ1) is 13.1. The van der Waals surface area contributed by atoms with Crippen molar-refractivity contribution in [3.8, 4) is 5.75 Å². The highest BCUT2D eigenvalue weighted by molar-refractivity contribution is 7.80. The van der Waals surface area contributed by atoms with Crippen LogP contribution in [0.15, 0.2) is 78.9 Å². The molecule has 3 aromatic carbocycles. The summed E-state index contributed by atoms with van der Waals surface area (Å²) in [5, 5.41) is 4.70. The third kappa shape index (κ3) is 5.71. The summed E-state index contributed by atoms with van der Waals surface area (Å²) in [5.74, 6) is 0.787. The van der Waals surface area contributed by atoms with Gasteiger partial charge in [0.25, 0.3) is 0 Å². The lowest BCUT2D eigenvalue weighted by atomic mass is 10.2. The van der Waals surface area contributed by atoms with Gasteiger partial charge >= 0.3 is 0 Å². The maximum atomic E-state index is 6.01. The Morgan fingerprint density at radius 1 is 0.926 bits per heavy atom. The van der Waals surface area contributed by atoms with Gasteiger partial charge in [-0.3, -0.25) is 0 Å². The monoisotopic (exact) mass is 396 g/mol. The third-order valence-corrected chi connectivity index (χ3v) is 4.72. The number of rotatable bonds is 6. The fraction of sp³-hybridized carbons (Fsp3) is 0.136. The number of nitrogens with zero attached hydrogens (tertiary/aromatic N) is 1. The van der Waals surface area contributed by atoms with E-state index in [1.165, 1.54) is 5.56 Å². The van der Waals surface area contributed by atoms with E-state index in [2.05, 4.69) is 22.3 Å². The lowest BCUT2D eigenvalue weighted by molar-refractivity contribution is 0.412. The topological polar surface area (TPSA) is 24.5 Å². The predicted molar refractivity (Wildman–Crippen MR) is 116 cm³/mol. The van der Waals surface area contributed by atoms with Crippen molar-refractivity contribution in [1.82, 2.24) is 4.90 Å². The van der Waals surface area contributed by atoms with Gasteiger partial charge in [-0.1, -0.05) is 60.1 Å². The molecule has 0 unspecified atom stereocenters. The molecule has 5 heteroatoms. The highest BCUT2D eigenvalue weighted by atomic mass is 35.5. The van der Waals surface area contributed by atoms with Crippen LogP contribution < -0.4 is 10.1 Å². The van der Waals surface area contributed by atoms with Crippen LogP contribution in [0.3, 0.4) is 0 Å². The second-order valence-electron chi connectivity index (χ2n) is 6.13. The Bertz CT molecular complexity index is 884. The van der Waals surface area contributed by atoms with Crippen LogP contribution in [-0.4, -0.2) is 17.1 Å². The Labute approximate surface area is 170 Å². The van der Waals surface area contributed by atoms with E-state index in [1.807, 2.05) is 66.7 Å². The van der Waals surface area contributed by atoms with Crippen LogP contribution in [0.25, 0.3) is 0 Å². The van der Waals surface area contributed by atoms with E-state index in [-0.39, 0.29) is 0 Å². The molecule has 0 amide bonds. The average molecular weight is 397 g/mol. The van der Waals surface area contributed by atoms with E-state index in [1.54, 1.807) is 7.11 Å². The van der Waals surface area contributed by atoms with Gasteiger partial charge in [0.1, 0.15) is 5.75 Å². The summed E-state index contributed by atoms with van der Waals surface area (Å²) < 4.78 is 5.29. The van der Waals surface area contributed by atoms with Gasteiger partial charge in [0.05, 0.1) is 7.11 Å². The van der Waals surface area contributed by atoms with Crippen LogP contribution in [0, 0.1) is 0 Å². The molecule has 0 aliphatic heterocycles. The van der Waals surface area contributed by atoms with Crippen LogP contribution in [-0.2, 0) is 13.1 Å². The van der Waals surface area contributed by atoms with Crippen molar-refractivity contribution in [3.63, 3.8) is 0 Å². The highest BCUT2D eigenvalue weighted by Gasteiger charge is 2.12. The second-order valence-corrected chi connectivity index (χ2v) is 6.95. The Morgan fingerprint density at radius 2 is 1.59 bits per heavy atom. The normalized spacial score (nSPS) is 10.3. The average Bonchev–Trinajstić information content (AvgIpc) is 2.70. The minimum atomic E-state index is 0.655. The minimum absolute atomic E-state index is 0.655. The lowest BCUT2D eigenvalue weighted by Gasteiger charge is -2.26. The zero-order chi connectivity index (χ0) is 19.1. The maximum Gasteiger partial charge on any atom is 0.174 e. The minimum Gasteiger partial charge on any atom is -0.497 e. The van der Waals surface area contributed by atoms with Crippen LogP contribution >= 0.6 is 23.8 Å². The number of methoxy groups -OCH3 is 1. The molecule has 0 fully saturated rings. The summed E-state index contributed by atoms with van der Waals surface area (Å²) in [6.45, 7) is 1.39. The van der Waals surface area contributed by atoms with E-state index in [4.69, 9.17) is 28.6 Å². The molecule has 0 radical (unpaired) electrons. The van der Waals surface area contributed by atoms with Crippen molar-refractivity contribution >= 4 is 34.6 Å². The summed E-state index contributed by atoms with van der Waals surface area (Å²) in [6, 6.07) is 25.9. The maximum absolute atomic E-state index is 6.01. The molecule has 3 aromatic rings. The molecule has 0 heterocycles. The molecule has 3 rings (SSSR count). The second kappa shape index (κ2) is 9.40. The molecule has 1 N–H and O–H groups in total. The molecular formula is C22H21ClN2OS. The van der Waals surface area contributed by atoms with Crippen molar-refractivity contribution < 1.29 is 4.74 Å². The Hall–Kier alpha value is -2.56. The molecule has 138 valence electrons. The van der Waals surface area contributed by atoms with Crippen molar-refractivity contribution in [2.45, 2.75) is 13.1 Å². The number of anilines is 1. The summed E-state index contributed by atoms with van der Waals surface area (Å²) in [6.07, 6.45) is 0. The van der Waals surface area contributed by atoms with Gasteiger partial charge in [-0.05, 0) is 47.6 Å². The van der Waals surface area contributed by atoms with Gasteiger partial charge in [0.2, 0.25) is 0 Å². The number of ether oxygens (including phenoxy) is 1. The number of benzene rings is 3. The Balaban J connectivity index is 1.78. The van der Waals surface area contributed by atoms with Crippen molar-refractivity contribution in [2.24, 2.45) is 0 Å². The number of nitrogens with one attached hydrogen (secondary N) is 1. The molecule has 27 heavy (non-hydrogen) atoms. The van der Waals surface area contributed by atoms with Crippen molar-refractivity contribution in [2.75, 3.05) is 12.4 Å². The Kier molecular flexibility index (Phi) is 6.69. The van der Waals surface area contributed by atoms with E-state index in [9.17, 15) is 0 Å². The summed E-state index contributed by atoms with van der Waals surface area (Å²) >= 11 is 11.7.